The Bertz CT molecular complexity index is 1300. The summed E-state index contributed by atoms with van der Waals surface area (Å²) in [4.78, 5) is 7.10. The van der Waals surface area contributed by atoms with Gasteiger partial charge < -0.3 is 20.0 Å². The molecule has 0 saturated carbocycles. The van der Waals surface area contributed by atoms with Crippen molar-refractivity contribution in [3.8, 4) is 0 Å². The first-order chi connectivity index (χ1) is 23.4. The molecule has 4 rings (SSSR count). The van der Waals surface area contributed by atoms with Gasteiger partial charge in [-0.15, -0.1) is 0 Å². The van der Waals surface area contributed by atoms with Crippen molar-refractivity contribution in [1.29, 1.82) is 0 Å². The van der Waals surface area contributed by atoms with Crippen molar-refractivity contribution < 1.29 is 40.9 Å². The number of rotatable bonds is 13. The summed E-state index contributed by atoms with van der Waals surface area (Å²) in [6.45, 7) is 9.20. The fourth-order valence-electron chi connectivity index (χ4n) is 5.31. The van der Waals surface area contributed by atoms with E-state index in [9.17, 15) is 26.3 Å². The van der Waals surface area contributed by atoms with Crippen LogP contribution in [0.4, 0.5) is 26.3 Å². The zero-order valence-electron chi connectivity index (χ0n) is 28.2. The van der Waals surface area contributed by atoms with Crippen molar-refractivity contribution in [2.75, 3.05) is 40.6 Å². The highest BCUT2D eigenvalue weighted by molar-refractivity contribution is 5.84. The van der Waals surface area contributed by atoms with Crippen LogP contribution >= 0.6 is 0 Å². The standard InChI is InChI=1S/C24H34N4O.C11H10F6O.CH4O/c1-2-3-4-5-6-10-13-23-15-14-22(16-28(23)17-24-25-20-26-27-24)19-29-18-21-11-8-7-9-12-21;1-6(18-2)7-3-8(10(12,13)14)5-9(4-7)11(15,16)17;1-2/h2-9,11-12,22-23,26H,1,10,13-20H2,(H,25,27);3-6H,1-2H3;2H,1H3/b4-3-,6-5-;;/t22-,23+;6-;/m01./s1. The van der Waals surface area contributed by atoms with Crippen molar-refractivity contribution >= 4 is 5.84 Å². The molecule has 49 heavy (non-hydrogen) atoms. The number of nitrogens with one attached hydrogen (secondary N) is 2. The van der Waals surface area contributed by atoms with Gasteiger partial charge in [-0.1, -0.05) is 67.3 Å². The van der Waals surface area contributed by atoms with E-state index in [1.807, 2.05) is 18.2 Å². The van der Waals surface area contributed by atoms with E-state index in [-0.39, 0.29) is 11.6 Å². The van der Waals surface area contributed by atoms with Crippen molar-refractivity contribution in [3.63, 3.8) is 0 Å². The number of alkyl halides is 6. The molecule has 1 saturated heterocycles. The second-order valence-corrected chi connectivity index (χ2v) is 11.4. The predicted molar refractivity (Wildman–Crippen MR) is 180 cm³/mol. The summed E-state index contributed by atoms with van der Waals surface area (Å²) >= 11 is 0. The third-order valence-electron chi connectivity index (χ3n) is 7.91. The number of halogens is 6. The average Bonchev–Trinajstić information content (AvgIpc) is 3.60. The normalized spacial score (nSPS) is 19.0. The molecule has 3 atom stereocenters. The van der Waals surface area contributed by atoms with Gasteiger partial charge in [-0.3, -0.25) is 9.89 Å². The fraction of sp³-hybridized carbons (Fsp3) is 0.472. The number of nitrogens with zero attached hydrogens (tertiary/aromatic N) is 2. The van der Waals surface area contributed by atoms with Crippen LogP contribution in [0.3, 0.4) is 0 Å². The van der Waals surface area contributed by atoms with Crippen LogP contribution in [0.15, 0.2) is 90.5 Å². The lowest BCUT2D eigenvalue weighted by Crippen LogP contribution is -2.49. The van der Waals surface area contributed by atoms with Crippen LogP contribution in [0.1, 0.15) is 61.0 Å². The molecular formula is C36H48F6N4O3. The summed E-state index contributed by atoms with van der Waals surface area (Å²) in [6.07, 6.45) is 4.37. The second-order valence-electron chi connectivity index (χ2n) is 11.4. The Morgan fingerprint density at radius 1 is 1.00 bits per heavy atom. The number of benzene rings is 2. The minimum atomic E-state index is -4.83. The maximum Gasteiger partial charge on any atom is 0.416 e. The molecule has 0 amide bonds. The lowest BCUT2D eigenvalue weighted by atomic mass is 9.90. The molecule has 3 N–H and O–H groups in total. The van der Waals surface area contributed by atoms with Crippen LogP contribution < -0.4 is 10.9 Å². The highest BCUT2D eigenvalue weighted by Crippen LogP contribution is 2.37. The zero-order chi connectivity index (χ0) is 36.3. The van der Waals surface area contributed by atoms with Gasteiger partial charge in [0.25, 0.3) is 0 Å². The Balaban J connectivity index is 0.000000359. The number of methoxy groups -OCH3 is 1. The van der Waals surface area contributed by atoms with Crippen LogP contribution in [-0.4, -0.2) is 62.5 Å². The van der Waals surface area contributed by atoms with Gasteiger partial charge in [0.1, 0.15) is 12.5 Å². The molecule has 13 heteroatoms. The van der Waals surface area contributed by atoms with Gasteiger partial charge in [-0.05, 0) is 67.9 Å². The van der Waals surface area contributed by atoms with Gasteiger partial charge in [-0.25, -0.2) is 5.43 Å². The van der Waals surface area contributed by atoms with E-state index in [1.54, 1.807) is 6.08 Å². The highest BCUT2D eigenvalue weighted by atomic mass is 19.4. The molecule has 0 spiro atoms. The van der Waals surface area contributed by atoms with Gasteiger partial charge in [-0.2, -0.15) is 26.3 Å². The number of hydrogen-bond donors (Lipinski definition) is 3. The van der Waals surface area contributed by atoms with Crippen LogP contribution in [0.5, 0.6) is 0 Å². The monoisotopic (exact) mass is 698 g/mol. The molecule has 272 valence electrons. The summed E-state index contributed by atoms with van der Waals surface area (Å²) in [6, 6.07) is 12.4. The molecule has 1 fully saturated rings. The molecule has 0 aromatic heterocycles. The molecule has 0 unspecified atom stereocenters. The lowest BCUT2D eigenvalue weighted by Gasteiger charge is -2.39. The number of aliphatic hydroxyl groups is 1. The quantitative estimate of drug-likeness (QED) is 0.146. The molecule has 2 aliphatic rings. The maximum absolute atomic E-state index is 12.5. The summed E-state index contributed by atoms with van der Waals surface area (Å²) in [5, 5.41) is 7.00. The van der Waals surface area contributed by atoms with E-state index >= 15 is 0 Å². The number of allylic oxidation sites excluding steroid dienone is 5. The van der Waals surface area contributed by atoms with E-state index in [0.29, 0.717) is 37.4 Å². The molecular weight excluding hydrogens is 650 g/mol. The Morgan fingerprint density at radius 3 is 2.24 bits per heavy atom. The Morgan fingerprint density at radius 2 is 1.67 bits per heavy atom. The largest absolute Gasteiger partial charge is 0.416 e. The summed E-state index contributed by atoms with van der Waals surface area (Å²) in [7, 11) is 2.21. The van der Waals surface area contributed by atoms with E-state index in [2.05, 4.69) is 63.7 Å². The Kier molecular flexibility index (Phi) is 18.3. The lowest BCUT2D eigenvalue weighted by molar-refractivity contribution is -0.143. The molecule has 2 aliphatic heterocycles. The summed E-state index contributed by atoms with van der Waals surface area (Å²) in [5.41, 5.74) is 4.67. The van der Waals surface area contributed by atoms with Gasteiger partial charge in [0.05, 0.1) is 37.0 Å². The third kappa shape index (κ3) is 15.3. The number of hydrazine groups is 1. The molecule has 2 aromatic rings. The van der Waals surface area contributed by atoms with Crippen LogP contribution in [-0.2, 0) is 28.4 Å². The second kappa shape index (κ2) is 21.6. The average molecular weight is 699 g/mol. The van der Waals surface area contributed by atoms with Crippen molar-refractivity contribution in [1.82, 2.24) is 15.8 Å². The number of likely N-dealkylation sites (tertiary alicyclic amines) is 1. The van der Waals surface area contributed by atoms with Crippen molar-refractivity contribution in [3.05, 3.63) is 108 Å². The number of amidine groups is 1. The van der Waals surface area contributed by atoms with Gasteiger partial charge >= 0.3 is 12.4 Å². The molecule has 0 radical (unpaired) electrons. The number of aliphatic imine (C=N–C) groups is 1. The van der Waals surface area contributed by atoms with Crippen molar-refractivity contribution in [2.45, 2.75) is 63.7 Å². The van der Waals surface area contributed by atoms with Gasteiger partial charge in [0.2, 0.25) is 0 Å². The van der Waals surface area contributed by atoms with Crippen LogP contribution in [0, 0.1) is 5.92 Å². The van der Waals surface area contributed by atoms with Crippen LogP contribution in [0.25, 0.3) is 0 Å². The molecule has 2 heterocycles. The van der Waals surface area contributed by atoms with E-state index in [0.717, 1.165) is 39.1 Å². The van der Waals surface area contributed by atoms with E-state index in [4.69, 9.17) is 14.6 Å². The minimum absolute atomic E-state index is 0.0892. The van der Waals surface area contributed by atoms with Crippen molar-refractivity contribution in [2.24, 2.45) is 10.9 Å². The van der Waals surface area contributed by atoms with E-state index in [1.165, 1.54) is 38.9 Å². The van der Waals surface area contributed by atoms with Gasteiger partial charge in [0.15, 0.2) is 0 Å². The Hall–Kier alpha value is -3.49. The number of aliphatic hydroxyl groups excluding tert-OH is 1. The first-order valence-corrected chi connectivity index (χ1v) is 16.0. The molecule has 0 aliphatic carbocycles. The first kappa shape index (κ1) is 41.7. The topological polar surface area (TPSA) is 78.4 Å². The highest BCUT2D eigenvalue weighted by Gasteiger charge is 2.37. The van der Waals surface area contributed by atoms with E-state index < -0.39 is 29.6 Å². The summed E-state index contributed by atoms with van der Waals surface area (Å²) < 4.78 is 85.7. The maximum atomic E-state index is 12.5. The number of piperidine rings is 1. The molecule has 0 bridgehead atoms. The molecule has 2 aromatic carbocycles. The first-order valence-electron chi connectivity index (χ1n) is 16.0. The predicted octanol–water partition coefficient (Wildman–Crippen LogP) is 7.87. The zero-order valence-corrected chi connectivity index (χ0v) is 28.2. The Labute approximate surface area is 285 Å². The number of ether oxygens (including phenoxy) is 2. The molecule has 7 nitrogen and oxygen atoms in total. The number of hydrogen-bond acceptors (Lipinski definition) is 7. The van der Waals surface area contributed by atoms with Gasteiger partial charge in [0, 0.05) is 26.8 Å². The third-order valence-corrected chi connectivity index (χ3v) is 7.91. The summed E-state index contributed by atoms with van der Waals surface area (Å²) in [5.74, 6) is 1.63. The minimum Gasteiger partial charge on any atom is -0.400 e. The fourth-order valence-corrected chi connectivity index (χ4v) is 5.31. The van der Waals surface area contributed by atoms with Crippen LogP contribution in [0.2, 0.25) is 0 Å². The smallest absolute Gasteiger partial charge is 0.400 e. The SMILES string of the molecule is C=C/C=C\C=C/CC[C@@H]1CC[C@H](COCc2ccccc2)CN1CC1=NCNN1.CO.CO[C@H](C)c1cc(C(F)(F)F)cc(C(F)(F)F)c1.